The van der Waals surface area contributed by atoms with Gasteiger partial charge in [-0.15, -0.1) is 0 Å². The molecule has 7 aromatic rings. The molecule has 0 spiro atoms. The molecule has 1 heteroatoms. The van der Waals surface area contributed by atoms with Gasteiger partial charge in [0.1, 0.15) is 0 Å². The molecular weight excluding hydrogens is 350 g/mol. The fourth-order valence-corrected chi connectivity index (χ4v) is 4.49. The summed E-state index contributed by atoms with van der Waals surface area (Å²) in [4.78, 5) is 2.92. The zero-order valence-electron chi connectivity index (χ0n) is 22.2. The van der Waals surface area contributed by atoms with Crippen molar-refractivity contribution in [3.63, 3.8) is 0 Å². The van der Waals surface area contributed by atoms with Crippen LogP contribution >= 0.6 is 0 Å². The van der Waals surface area contributed by atoms with Crippen molar-refractivity contribution < 1.29 is 9.60 Å². The predicted molar refractivity (Wildman–Crippen MR) is 125 cm³/mol. The van der Waals surface area contributed by atoms with Gasteiger partial charge in [0.2, 0.25) is 0 Å². The summed E-state index contributed by atoms with van der Waals surface area (Å²) < 4.78 is 59.7. The quantitative estimate of drug-likeness (QED) is 0.281. The minimum Gasteiger partial charge on any atom is -0.355 e. The highest BCUT2D eigenvalue weighted by Crippen LogP contribution is 2.40. The molecule has 0 atom stereocenters. The van der Waals surface area contributed by atoms with Gasteiger partial charge in [0, 0.05) is 21.8 Å². The number of fused-ring (bicyclic) bond motifs is 3. The molecule has 1 heterocycles. The van der Waals surface area contributed by atoms with Crippen LogP contribution in [-0.4, -0.2) is 4.98 Å². The highest BCUT2D eigenvalue weighted by Gasteiger charge is 2.13. The molecular formula is C28H17N. The van der Waals surface area contributed by atoms with Gasteiger partial charge in [-0.2, -0.15) is 0 Å². The van der Waals surface area contributed by atoms with Gasteiger partial charge >= 0.3 is 0 Å². The maximum atomic E-state index is 9.16. The second-order valence-electron chi connectivity index (χ2n) is 7.34. The molecule has 0 amide bonds. The Bertz CT molecular complexity index is 2060. The number of hydrogen-bond donors (Lipinski definition) is 1. The third-order valence-corrected chi connectivity index (χ3v) is 5.80. The molecule has 29 heavy (non-hydrogen) atoms. The zero-order chi connectivity index (χ0) is 25.0. The monoisotopic (exact) mass is 374 g/mol. The summed E-state index contributed by atoms with van der Waals surface area (Å²) in [5, 5.41) is 6.68. The molecule has 1 aromatic heterocycles. The van der Waals surface area contributed by atoms with Gasteiger partial charge in [-0.05, 0) is 61.6 Å². The molecule has 0 radical (unpaired) electrons. The number of H-pyrrole nitrogens is 1. The first-order valence-corrected chi connectivity index (χ1v) is 9.48. The van der Waals surface area contributed by atoms with Crippen LogP contribution < -0.4 is 0 Å². The average molecular weight is 374 g/mol. The summed E-state index contributed by atoms with van der Waals surface area (Å²) in [5.74, 6) is 0. The number of aromatic nitrogens is 1. The number of benzene rings is 6. The van der Waals surface area contributed by atoms with Gasteiger partial charge in [0.05, 0.1) is 9.60 Å². The van der Waals surface area contributed by atoms with Gasteiger partial charge in [-0.25, -0.2) is 0 Å². The smallest absolute Gasteiger partial charge is 0.0645 e. The predicted octanol–water partition coefficient (Wildman–Crippen LogP) is 7.89. The van der Waals surface area contributed by atoms with Crippen molar-refractivity contribution in [1.29, 1.82) is 0 Å². The van der Waals surface area contributed by atoms with Gasteiger partial charge in [-0.1, -0.05) is 78.8 Å². The third-order valence-electron chi connectivity index (χ3n) is 5.80. The van der Waals surface area contributed by atoms with Crippen molar-refractivity contribution in [2.24, 2.45) is 0 Å². The first-order chi connectivity index (χ1) is 17.3. The average Bonchev–Trinajstić information content (AvgIpc) is 3.30. The van der Waals surface area contributed by atoms with E-state index in [1.165, 1.54) is 0 Å². The first kappa shape index (κ1) is 10.1. The second kappa shape index (κ2) is 5.36. The van der Waals surface area contributed by atoms with Crippen molar-refractivity contribution in [1.82, 2.24) is 4.98 Å². The number of nitrogens with one attached hydrogen (secondary N) is 1. The van der Waals surface area contributed by atoms with Crippen molar-refractivity contribution in [3.8, 4) is 11.1 Å². The van der Waals surface area contributed by atoms with E-state index >= 15 is 0 Å². The van der Waals surface area contributed by atoms with Gasteiger partial charge < -0.3 is 4.98 Å². The van der Waals surface area contributed by atoms with Crippen LogP contribution in [-0.2, 0) is 0 Å². The fraction of sp³-hybridized carbons (Fsp3) is 0. The number of rotatable bonds is 1. The number of para-hydroxylation sites is 1. The van der Waals surface area contributed by atoms with E-state index in [0.717, 1.165) is 32.3 Å². The third kappa shape index (κ3) is 1.99. The lowest BCUT2D eigenvalue weighted by molar-refractivity contribution is 1.55. The molecule has 0 aliphatic heterocycles. The van der Waals surface area contributed by atoms with Crippen LogP contribution in [0.15, 0.2) is 96.9 Å². The van der Waals surface area contributed by atoms with Crippen molar-refractivity contribution in [2.45, 2.75) is 0 Å². The van der Waals surface area contributed by atoms with E-state index in [2.05, 4.69) is 29.2 Å². The molecule has 1 nitrogen and oxygen atoms in total. The topological polar surface area (TPSA) is 15.8 Å². The van der Waals surface area contributed by atoms with Crippen molar-refractivity contribution in [2.75, 3.05) is 0 Å². The highest BCUT2D eigenvalue weighted by atomic mass is 14.7. The summed E-state index contributed by atoms with van der Waals surface area (Å²) in [7, 11) is 0. The van der Waals surface area contributed by atoms with Crippen LogP contribution in [0.5, 0.6) is 0 Å². The maximum absolute atomic E-state index is 9.16. The highest BCUT2D eigenvalue weighted by molar-refractivity contribution is 6.25. The molecule has 7 rings (SSSR count). The Balaban J connectivity index is 1.68. The van der Waals surface area contributed by atoms with Gasteiger partial charge in [-0.3, -0.25) is 0 Å². The maximum Gasteiger partial charge on any atom is 0.0645 e. The van der Waals surface area contributed by atoms with E-state index < -0.39 is 6.04 Å². The molecule has 1 N–H and O–H groups in total. The minimum atomic E-state index is -0.390. The second-order valence-corrected chi connectivity index (χ2v) is 7.34. The molecule has 0 unspecified atom stereocenters. The summed E-state index contributed by atoms with van der Waals surface area (Å²) >= 11 is 0. The van der Waals surface area contributed by atoms with Crippen LogP contribution in [0.4, 0.5) is 0 Å². The van der Waals surface area contributed by atoms with Crippen LogP contribution in [0, 0.1) is 0 Å². The summed E-state index contributed by atoms with van der Waals surface area (Å²) in [6.45, 7) is 0. The number of aromatic amines is 1. The largest absolute Gasteiger partial charge is 0.355 e. The van der Waals surface area contributed by atoms with Crippen LogP contribution in [0.25, 0.3) is 65.3 Å². The molecule has 0 saturated heterocycles. The Hall–Kier alpha value is -3.84. The molecule has 6 aromatic carbocycles. The summed E-state index contributed by atoms with van der Waals surface area (Å²) in [6, 6.07) is 16.6. The molecule has 0 aliphatic rings. The van der Waals surface area contributed by atoms with E-state index in [-0.39, 0.29) is 63.6 Å². The Morgan fingerprint density at radius 3 is 2.21 bits per heavy atom. The van der Waals surface area contributed by atoms with E-state index in [1.807, 2.05) is 30.3 Å². The summed E-state index contributed by atoms with van der Waals surface area (Å²) in [5.41, 5.74) is 1.25. The van der Waals surface area contributed by atoms with E-state index in [0.29, 0.717) is 5.56 Å². The van der Waals surface area contributed by atoms with Gasteiger partial charge in [0.15, 0.2) is 0 Å². The van der Waals surface area contributed by atoms with Crippen molar-refractivity contribution >= 4 is 54.1 Å². The molecule has 134 valence electrons. The van der Waals surface area contributed by atoms with Crippen LogP contribution in [0.1, 0.15) is 9.60 Å². The van der Waals surface area contributed by atoms with Crippen LogP contribution in [0.3, 0.4) is 0 Å². The standard InChI is InChI=1S/C28H17N/c1-2-7-25-22(6-1)24-16-20(12-15-26(24)29-25)21-13-10-19-9-8-17-4-3-5-18-11-14-23(21)28(19)27(17)18/h1-16,29H/i1D,2D,6D,7D,12D,15D,16D. The zero-order valence-corrected chi connectivity index (χ0v) is 15.2. The Morgan fingerprint density at radius 1 is 0.586 bits per heavy atom. The molecule has 0 saturated carbocycles. The van der Waals surface area contributed by atoms with E-state index in [4.69, 9.17) is 9.60 Å². The minimum absolute atomic E-state index is 0.0303. The molecule has 0 aliphatic carbocycles. The lowest BCUT2D eigenvalue weighted by atomic mass is 9.89. The Morgan fingerprint density at radius 2 is 1.31 bits per heavy atom. The van der Waals surface area contributed by atoms with Gasteiger partial charge in [0.25, 0.3) is 0 Å². The van der Waals surface area contributed by atoms with E-state index in [9.17, 15) is 0 Å². The molecule has 0 fully saturated rings. The van der Waals surface area contributed by atoms with E-state index in [1.54, 1.807) is 0 Å². The molecule has 0 bridgehead atoms. The Labute approximate surface area is 177 Å². The van der Waals surface area contributed by atoms with Crippen LogP contribution in [0.2, 0.25) is 0 Å². The number of hydrogen-bond acceptors (Lipinski definition) is 0. The summed E-state index contributed by atoms with van der Waals surface area (Å²) in [6.07, 6.45) is 0. The van der Waals surface area contributed by atoms with Crippen molar-refractivity contribution in [3.05, 3.63) is 96.9 Å². The lowest BCUT2D eigenvalue weighted by Gasteiger charge is -2.14. The Kier molecular flexibility index (Phi) is 1.86. The SMILES string of the molecule is [2H]c1c([2H])c([2H])c2c([nH]c3c([2H])c([2H])c(-c4ccc5ccc6cccc7ccc4c5c67)c([2H])c32)c1[2H]. The first-order valence-electron chi connectivity index (χ1n) is 13.0. The lowest BCUT2D eigenvalue weighted by Crippen LogP contribution is -1.87. The fourth-order valence-electron chi connectivity index (χ4n) is 4.49. The normalized spacial score (nSPS) is 15.5.